The highest BCUT2D eigenvalue weighted by Gasteiger charge is 2.22. The lowest BCUT2D eigenvalue weighted by Crippen LogP contribution is -2.41. The number of hydrogen-bond donors (Lipinski definition) is 1. The van der Waals surface area contributed by atoms with Crippen LogP contribution in [0.5, 0.6) is 0 Å². The van der Waals surface area contributed by atoms with Gasteiger partial charge in [-0.05, 0) is 23.4 Å². The molecular weight excluding hydrogens is 276 g/mol. The maximum atomic E-state index is 4.58. The monoisotopic (exact) mass is 298 g/mol. The number of rotatable bonds is 4. The molecule has 0 amide bonds. The Morgan fingerprint density at radius 2 is 1.62 bits per heavy atom. The second kappa shape index (κ2) is 6.44. The maximum absolute atomic E-state index is 4.58. The minimum atomic E-state index is 0.464. The van der Waals surface area contributed by atoms with Gasteiger partial charge in [0.25, 0.3) is 0 Å². The smallest absolute Gasteiger partial charge is 0.0604 e. The highest BCUT2D eigenvalue weighted by atomic mass is 32.1. The van der Waals surface area contributed by atoms with Crippen LogP contribution in [0.4, 0.5) is 11.4 Å². The summed E-state index contributed by atoms with van der Waals surface area (Å²) in [5, 5.41) is 0. The second-order valence-electron chi connectivity index (χ2n) is 5.65. The molecule has 0 saturated carbocycles. The van der Waals surface area contributed by atoms with Crippen molar-refractivity contribution in [1.82, 2.24) is 0 Å². The molecule has 0 radical (unpaired) electrons. The first-order valence-corrected chi connectivity index (χ1v) is 8.13. The molecule has 3 rings (SSSR count). The number of para-hydroxylation sites is 2. The summed E-state index contributed by atoms with van der Waals surface area (Å²) in [5.74, 6) is 1.34. The van der Waals surface area contributed by atoms with Crippen LogP contribution in [0.3, 0.4) is 0 Å². The third-order valence-corrected chi connectivity index (χ3v) is 4.71. The number of benzene rings is 2. The van der Waals surface area contributed by atoms with Crippen LogP contribution in [-0.4, -0.2) is 32.4 Å². The van der Waals surface area contributed by atoms with Crippen LogP contribution < -0.4 is 9.80 Å². The summed E-state index contributed by atoms with van der Waals surface area (Å²) in [7, 11) is 2.17. The largest absolute Gasteiger partial charge is 0.371 e. The van der Waals surface area contributed by atoms with Gasteiger partial charge in [-0.15, -0.1) is 0 Å². The van der Waals surface area contributed by atoms with E-state index >= 15 is 0 Å². The molecule has 3 heteroatoms. The fourth-order valence-electron chi connectivity index (χ4n) is 3.02. The average Bonchev–Trinajstić information content (AvgIpc) is 2.55. The summed E-state index contributed by atoms with van der Waals surface area (Å²) < 4.78 is 0. The standard InChI is InChI=1S/C18H22N2S/c1-19-11-12-20(18-10-6-5-9-17(18)19)13-16(14-21)15-7-3-2-4-8-15/h2-10,16,21H,11-14H2,1H3. The molecule has 0 bridgehead atoms. The first-order chi connectivity index (χ1) is 10.3. The molecule has 2 aromatic rings. The van der Waals surface area contributed by atoms with Crippen molar-refractivity contribution >= 4 is 24.0 Å². The van der Waals surface area contributed by atoms with E-state index in [2.05, 4.69) is 84.1 Å². The first kappa shape index (κ1) is 14.3. The molecule has 0 N–H and O–H groups in total. The Bertz CT molecular complexity index is 585. The molecule has 0 saturated heterocycles. The Balaban J connectivity index is 1.83. The van der Waals surface area contributed by atoms with E-state index in [4.69, 9.17) is 0 Å². The van der Waals surface area contributed by atoms with Crippen LogP contribution in [0.2, 0.25) is 0 Å². The van der Waals surface area contributed by atoms with Gasteiger partial charge in [0.2, 0.25) is 0 Å². The Labute approximate surface area is 132 Å². The van der Waals surface area contributed by atoms with E-state index in [9.17, 15) is 0 Å². The van der Waals surface area contributed by atoms with Gasteiger partial charge >= 0.3 is 0 Å². The Hall–Kier alpha value is -1.61. The van der Waals surface area contributed by atoms with Gasteiger partial charge in [0.15, 0.2) is 0 Å². The Morgan fingerprint density at radius 3 is 2.33 bits per heavy atom. The van der Waals surface area contributed by atoms with Crippen molar-refractivity contribution < 1.29 is 0 Å². The molecule has 110 valence electrons. The summed E-state index contributed by atoms with van der Waals surface area (Å²) in [6, 6.07) is 19.4. The van der Waals surface area contributed by atoms with Crippen molar-refractivity contribution in [3.05, 3.63) is 60.2 Å². The van der Waals surface area contributed by atoms with Crippen LogP contribution in [0.15, 0.2) is 54.6 Å². The molecule has 21 heavy (non-hydrogen) atoms. The van der Waals surface area contributed by atoms with Crippen molar-refractivity contribution in [1.29, 1.82) is 0 Å². The molecule has 1 aliphatic heterocycles. The number of thiol groups is 1. The van der Waals surface area contributed by atoms with E-state index in [-0.39, 0.29) is 0 Å². The maximum Gasteiger partial charge on any atom is 0.0604 e. The SMILES string of the molecule is CN1CCN(CC(CS)c2ccccc2)c2ccccc21. The molecule has 2 nitrogen and oxygen atoms in total. The average molecular weight is 298 g/mol. The molecule has 1 unspecified atom stereocenters. The summed E-state index contributed by atoms with van der Waals surface area (Å²) in [5.41, 5.74) is 4.05. The normalized spacial score (nSPS) is 15.7. The number of fused-ring (bicyclic) bond motifs is 1. The minimum absolute atomic E-state index is 0.464. The van der Waals surface area contributed by atoms with E-state index in [1.165, 1.54) is 16.9 Å². The zero-order valence-corrected chi connectivity index (χ0v) is 13.3. The lowest BCUT2D eigenvalue weighted by Gasteiger charge is -2.38. The molecular formula is C18H22N2S. The van der Waals surface area contributed by atoms with Crippen LogP contribution in [0.1, 0.15) is 11.5 Å². The van der Waals surface area contributed by atoms with E-state index in [1.54, 1.807) is 0 Å². The third-order valence-electron chi connectivity index (χ3n) is 4.27. The van der Waals surface area contributed by atoms with Crippen LogP contribution in [0, 0.1) is 0 Å². The zero-order valence-electron chi connectivity index (χ0n) is 12.4. The van der Waals surface area contributed by atoms with Crippen molar-refractivity contribution in [2.45, 2.75) is 5.92 Å². The van der Waals surface area contributed by atoms with Gasteiger partial charge in [0.05, 0.1) is 11.4 Å². The number of likely N-dealkylation sites (N-methyl/N-ethyl adjacent to an activating group) is 1. The topological polar surface area (TPSA) is 6.48 Å². The van der Waals surface area contributed by atoms with Crippen LogP contribution >= 0.6 is 12.6 Å². The fraction of sp³-hybridized carbons (Fsp3) is 0.333. The summed E-state index contributed by atoms with van der Waals surface area (Å²) in [6.45, 7) is 3.17. The highest BCUT2D eigenvalue weighted by Crippen LogP contribution is 2.33. The third kappa shape index (κ3) is 3.03. The summed E-state index contributed by atoms with van der Waals surface area (Å²) >= 11 is 4.58. The molecule has 2 aromatic carbocycles. The summed E-state index contributed by atoms with van der Waals surface area (Å²) in [6.07, 6.45) is 0. The predicted molar refractivity (Wildman–Crippen MR) is 95.0 cm³/mol. The lowest BCUT2D eigenvalue weighted by molar-refractivity contribution is 0.671. The molecule has 0 aromatic heterocycles. The molecule has 0 fully saturated rings. The van der Waals surface area contributed by atoms with Crippen molar-refractivity contribution in [2.24, 2.45) is 0 Å². The molecule has 1 atom stereocenters. The highest BCUT2D eigenvalue weighted by molar-refractivity contribution is 7.80. The molecule has 1 heterocycles. The quantitative estimate of drug-likeness (QED) is 0.861. The van der Waals surface area contributed by atoms with Gasteiger partial charge in [-0.1, -0.05) is 42.5 Å². The van der Waals surface area contributed by atoms with Crippen molar-refractivity contribution in [3.63, 3.8) is 0 Å². The van der Waals surface area contributed by atoms with Gasteiger partial charge < -0.3 is 9.80 Å². The minimum Gasteiger partial charge on any atom is -0.371 e. The van der Waals surface area contributed by atoms with E-state index in [0.717, 1.165) is 25.4 Å². The van der Waals surface area contributed by atoms with Crippen LogP contribution in [-0.2, 0) is 0 Å². The number of nitrogens with zero attached hydrogens (tertiary/aromatic N) is 2. The Morgan fingerprint density at radius 1 is 0.952 bits per heavy atom. The van der Waals surface area contributed by atoms with E-state index in [0.29, 0.717) is 5.92 Å². The van der Waals surface area contributed by atoms with Gasteiger partial charge in [0, 0.05) is 32.6 Å². The van der Waals surface area contributed by atoms with E-state index < -0.39 is 0 Å². The van der Waals surface area contributed by atoms with E-state index in [1.807, 2.05) is 0 Å². The van der Waals surface area contributed by atoms with Gasteiger partial charge in [0.1, 0.15) is 0 Å². The zero-order chi connectivity index (χ0) is 14.7. The fourth-order valence-corrected chi connectivity index (χ4v) is 3.34. The number of anilines is 2. The van der Waals surface area contributed by atoms with Gasteiger partial charge in [-0.25, -0.2) is 0 Å². The Kier molecular flexibility index (Phi) is 4.39. The second-order valence-corrected chi connectivity index (χ2v) is 6.01. The van der Waals surface area contributed by atoms with Crippen molar-refractivity contribution in [3.8, 4) is 0 Å². The van der Waals surface area contributed by atoms with Gasteiger partial charge in [-0.2, -0.15) is 12.6 Å². The molecule has 0 spiro atoms. The van der Waals surface area contributed by atoms with Crippen molar-refractivity contribution in [2.75, 3.05) is 42.2 Å². The first-order valence-electron chi connectivity index (χ1n) is 7.50. The number of hydrogen-bond acceptors (Lipinski definition) is 3. The summed E-state index contributed by atoms with van der Waals surface area (Å²) in [4.78, 5) is 4.84. The molecule has 0 aliphatic carbocycles. The van der Waals surface area contributed by atoms with Crippen LogP contribution in [0.25, 0.3) is 0 Å². The molecule has 1 aliphatic rings. The predicted octanol–water partition coefficient (Wildman–Crippen LogP) is 3.66. The van der Waals surface area contributed by atoms with Gasteiger partial charge in [-0.3, -0.25) is 0 Å². The lowest BCUT2D eigenvalue weighted by atomic mass is 9.99.